The van der Waals surface area contributed by atoms with Crippen molar-refractivity contribution in [2.24, 2.45) is 7.05 Å². The maximum absolute atomic E-state index is 13.8. The minimum Gasteiger partial charge on any atom is -0.572 e. The normalized spacial score (nSPS) is 13.8. The SMILES string of the molecule is CC(C)c1cc(-c2nc(-c3[c-]cc(F)cc3F)cn2C)[n-]n1.CN1C=CN(c2[c-]c(N3C=CN(C)[CH-]3)cc(C#N)c2)[CH-]1.[Ir]. The zero-order valence-corrected chi connectivity index (χ0v) is 26.5. The third-order valence-electron chi connectivity index (χ3n) is 6.43. The number of hydrogen-bond donors (Lipinski definition) is 0. The van der Waals surface area contributed by atoms with Gasteiger partial charge >= 0.3 is 0 Å². The van der Waals surface area contributed by atoms with E-state index >= 15 is 0 Å². The van der Waals surface area contributed by atoms with Crippen LogP contribution in [0.25, 0.3) is 22.8 Å². The van der Waals surface area contributed by atoms with Crippen LogP contribution in [0, 0.1) is 48.4 Å². The van der Waals surface area contributed by atoms with E-state index in [1.807, 2.05) is 104 Å². The first-order valence-electron chi connectivity index (χ1n) is 13.1. The maximum atomic E-state index is 13.8. The predicted octanol–water partition coefficient (Wildman–Crippen LogP) is 5.35. The number of benzene rings is 2. The van der Waals surface area contributed by atoms with Gasteiger partial charge in [0.2, 0.25) is 0 Å². The van der Waals surface area contributed by atoms with Crippen molar-refractivity contribution in [1.29, 1.82) is 5.26 Å². The van der Waals surface area contributed by atoms with Crippen LogP contribution in [0.4, 0.5) is 20.2 Å². The number of hydrogen-bond acceptors (Lipinski definition) is 7. The van der Waals surface area contributed by atoms with Gasteiger partial charge in [0.15, 0.2) is 0 Å². The summed E-state index contributed by atoms with van der Waals surface area (Å²) in [6.07, 6.45) is 9.43. The van der Waals surface area contributed by atoms with Crippen molar-refractivity contribution in [3.63, 3.8) is 0 Å². The molecule has 0 bridgehead atoms. The molecule has 4 aromatic rings. The van der Waals surface area contributed by atoms with Crippen LogP contribution in [0.1, 0.15) is 31.0 Å². The molecule has 0 saturated carbocycles. The van der Waals surface area contributed by atoms with Crippen LogP contribution in [0.2, 0.25) is 0 Å². The number of nitriles is 1. The third kappa shape index (κ3) is 7.13. The van der Waals surface area contributed by atoms with Gasteiger partial charge in [0.1, 0.15) is 5.82 Å². The molecule has 4 heterocycles. The Morgan fingerprint density at radius 1 is 0.953 bits per heavy atom. The summed E-state index contributed by atoms with van der Waals surface area (Å²) >= 11 is 0. The molecule has 0 aliphatic carbocycles. The van der Waals surface area contributed by atoms with Crippen molar-refractivity contribution in [1.82, 2.24) is 29.5 Å². The molecule has 2 aromatic carbocycles. The standard InChI is InChI=1S/C16H14F2N4.C15H14N5.Ir/c1-9(2)13-7-14(21-20-13)16-19-15(8-22(16)3)11-5-4-10(17)6-12(11)18;1-17-3-5-19(11-17)14-7-13(10-16)8-15(9-14)20-6-4-18(2)12-20;/h4,6-9H,1-3H3;3-8,11-12H,1-2H3;/q-2;-3;. The van der Waals surface area contributed by atoms with Crippen molar-refractivity contribution >= 4 is 11.4 Å². The van der Waals surface area contributed by atoms with Crippen LogP contribution in [0.5, 0.6) is 0 Å². The van der Waals surface area contributed by atoms with Gasteiger partial charge < -0.3 is 34.4 Å². The maximum Gasteiger partial charge on any atom is 0.108 e. The van der Waals surface area contributed by atoms with Crippen LogP contribution in [0.3, 0.4) is 0 Å². The number of halogens is 2. The quantitative estimate of drug-likeness (QED) is 0.253. The van der Waals surface area contributed by atoms with Crippen molar-refractivity contribution in [3.8, 4) is 28.8 Å². The summed E-state index contributed by atoms with van der Waals surface area (Å²) in [5.74, 6) is -0.516. The first kappa shape index (κ1) is 31.5. The Kier molecular flexibility index (Phi) is 9.69. The molecule has 1 radical (unpaired) electrons. The molecule has 2 aliphatic rings. The van der Waals surface area contributed by atoms with Gasteiger partial charge in [-0.05, 0) is 51.0 Å². The average Bonchev–Trinajstić information content (AvgIpc) is 3.76. The second kappa shape index (κ2) is 13.2. The van der Waals surface area contributed by atoms with E-state index in [-0.39, 0.29) is 31.6 Å². The topological polar surface area (TPSA) is 81.6 Å². The number of anilines is 2. The Hall–Kier alpha value is -4.46. The first-order valence-corrected chi connectivity index (χ1v) is 13.1. The summed E-state index contributed by atoms with van der Waals surface area (Å²) < 4.78 is 28.6. The Morgan fingerprint density at radius 2 is 1.58 bits per heavy atom. The first-order chi connectivity index (χ1) is 20.1. The summed E-state index contributed by atoms with van der Waals surface area (Å²) in [6, 6.07) is 15.5. The summed E-state index contributed by atoms with van der Waals surface area (Å²) in [6.45, 7) is 7.93. The van der Waals surface area contributed by atoms with Gasteiger partial charge in [-0.2, -0.15) is 18.6 Å². The molecule has 6 rings (SSSR count). The van der Waals surface area contributed by atoms with E-state index in [4.69, 9.17) is 0 Å². The van der Waals surface area contributed by atoms with E-state index in [1.54, 1.807) is 17.8 Å². The molecular formula is C31H28F2IrN9-5. The van der Waals surface area contributed by atoms with Crippen molar-refractivity contribution in [2.75, 3.05) is 23.9 Å². The third-order valence-corrected chi connectivity index (χ3v) is 6.43. The van der Waals surface area contributed by atoms with Gasteiger partial charge in [-0.1, -0.05) is 42.8 Å². The molecule has 0 unspecified atom stereocenters. The smallest absolute Gasteiger partial charge is 0.108 e. The average molecular weight is 757 g/mol. The van der Waals surface area contributed by atoms with E-state index in [0.29, 0.717) is 22.8 Å². The largest absolute Gasteiger partial charge is 0.572 e. The molecule has 0 atom stereocenters. The molecule has 0 amide bonds. The molecular weight excluding hydrogens is 729 g/mol. The molecule has 12 heteroatoms. The van der Waals surface area contributed by atoms with Crippen molar-refractivity contribution in [3.05, 3.63) is 110 Å². The van der Waals surface area contributed by atoms with Crippen LogP contribution in [0.15, 0.2) is 61.3 Å². The molecule has 43 heavy (non-hydrogen) atoms. The number of nitrogens with zero attached hydrogens (tertiary/aromatic N) is 9. The minimum atomic E-state index is -0.693. The molecule has 0 fully saturated rings. The van der Waals surface area contributed by atoms with Gasteiger partial charge in [0, 0.05) is 50.2 Å². The summed E-state index contributed by atoms with van der Waals surface area (Å²) in [7, 11) is 5.70. The van der Waals surface area contributed by atoms with Gasteiger partial charge in [0.25, 0.3) is 0 Å². The second-order valence-corrected chi connectivity index (χ2v) is 10.1. The molecule has 0 spiro atoms. The summed E-state index contributed by atoms with van der Waals surface area (Å²) in [5.41, 5.74) is 4.31. The zero-order chi connectivity index (χ0) is 30.0. The fraction of sp³-hybridized carbons (Fsp3) is 0.194. The number of imidazole rings is 1. The molecule has 2 aromatic heterocycles. The van der Waals surface area contributed by atoms with Crippen LogP contribution in [-0.4, -0.2) is 38.5 Å². The molecule has 0 saturated heterocycles. The summed E-state index contributed by atoms with van der Waals surface area (Å²) in [5, 5.41) is 17.4. The molecule has 0 N–H and O–H groups in total. The second-order valence-electron chi connectivity index (χ2n) is 10.1. The Labute approximate surface area is 263 Å². The molecule has 225 valence electrons. The van der Waals surface area contributed by atoms with E-state index in [9.17, 15) is 14.0 Å². The fourth-order valence-corrected chi connectivity index (χ4v) is 4.23. The van der Waals surface area contributed by atoms with Gasteiger partial charge in [-0.25, -0.2) is 0 Å². The van der Waals surface area contributed by atoms with Crippen molar-refractivity contribution < 1.29 is 28.9 Å². The predicted molar refractivity (Wildman–Crippen MR) is 155 cm³/mol. The Bertz CT molecular complexity index is 1640. The van der Waals surface area contributed by atoms with Crippen molar-refractivity contribution in [2.45, 2.75) is 19.8 Å². The monoisotopic (exact) mass is 757 g/mol. The van der Waals surface area contributed by atoms with Crippen LogP contribution < -0.4 is 14.9 Å². The van der Waals surface area contributed by atoms with E-state index in [1.165, 1.54) is 0 Å². The fourth-order valence-electron chi connectivity index (χ4n) is 4.23. The summed E-state index contributed by atoms with van der Waals surface area (Å²) in [4.78, 5) is 12.2. The number of aryl methyl sites for hydroxylation is 1. The Morgan fingerprint density at radius 3 is 2.07 bits per heavy atom. The van der Waals surface area contributed by atoms with E-state index in [0.717, 1.165) is 29.2 Å². The van der Waals surface area contributed by atoms with Crippen LogP contribution >= 0.6 is 0 Å². The van der Waals surface area contributed by atoms with Gasteiger partial charge in [-0.3, -0.25) is 13.8 Å². The minimum absolute atomic E-state index is 0. The van der Waals surface area contributed by atoms with E-state index in [2.05, 4.69) is 33.4 Å². The van der Waals surface area contributed by atoms with E-state index < -0.39 is 11.6 Å². The number of aromatic nitrogens is 4. The van der Waals surface area contributed by atoms with Gasteiger partial charge in [-0.15, -0.1) is 41.7 Å². The number of rotatable bonds is 5. The zero-order valence-electron chi connectivity index (χ0n) is 24.1. The van der Waals surface area contributed by atoms with Gasteiger partial charge in [0.05, 0.1) is 6.07 Å². The molecule has 9 nitrogen and oxygen atoms in total. The Balaban J connectivity index is 0.000000193. The van der Waals surface area contributed by atoms with Crippen LogP contribution in [-0.2, 0) is 27.2 Å². The molecule has 2 aliphatic heterocycles.